The van der Waals surface area contributed by atoms with Crippen LogP contribution in [-0.4, -0.2) is 10.2 Å². The summed E-state index contributed by atoms with van der Waals surface area (Å²) in [5.74, 6) is 1.37. The third kappa shape index (κ3) is 3.53. The summed E-state index contributed by atoms with van der Waals surface area (Å²) in [5.41, 5.74) is 0.989. The predicted molar refractivity (Wildman–Crippen MR) is 89.7 cm³/mol. The van der Waals surface area contributed by atoms with Gasteiger partial charge in [-0.1, -0.05) is 62.9 Å². The summed E-state index contributed by atoms with van der Waals surface area (Å²) in [7, 11) is 0. The highest BCUT2D eigenvalue weighted by atomic mass is 16.4. The van der Waals surface area contributed by atoms with Crippen molar-refractivity contribution in [2.24, 2.45) is 0 Å². The van der Waals surface area contributed by atoms with Crippen molar-refractivity contribution in [1.29, 1.82) is 0 Å². The van der Waals surface area contributed by atoms with Gasteiger partial charge in [0, 0.05) is 12.0 Å². The van der Waals surface area contributed by atoms with Crippen LogP contribution in [0.25, 0.3) is 22.2 Å². The summed E-state index contributed by atoms with van der Waals surface area (Å²) in [6.45, 7) is 2.23. The Morgan fingerprint density at radius 1 is 0.864 bits per heavy atom. The number of rotatable bonds is 7. The van der Waals surface area contributed by atoms with Crippen molar-refractivity contribution in [2.45, 2.75) is 45.4 Å². The van der Waals surface area contributed by atoms with Crippen molar-refractivity contribution < 1.29 is 4.42 Å². The molecular weight excluding hydrogens is 272 g/mol. The Labute approximate surface area is 131 Å². The van der Waals surface area contributed by atoms with Gasteiger partial charge in [0.1, 0.15) is 0 Å². The molecule has 0 saturated heterocycles. The number of unbranched alkanes of at least 4 members (excludes halogenated alkanes) is 4. The Kier molecular flexibility index (Phi) is 4.84. The lowest BCUT2D eigenvalue weighted by Gasteiger charge is -1.99. The van der Waals surface area contributed by atoms with E-state index in [4.69, 9.17) is 4.42 Å². The van der Waals surface area contributed by atoms with E-state index in [0.29, 0.717) is 5.89 Å². The van der Waals surface area contributed by atoms with E-state index in [9.17, 15) is 0 Å². The molecule has 1 aromatic heterocycles. The fourth-order valence-corrected chi connectivity index (χ4v) is 2.67. The van der Waals surface area contributed by atoms with Crippen LogP contribution in [0.5, 0.6) is 0 Å². The largest absolute Gasteiger partial charge is 0.421 e. The van der Waals surface area contributed by atoms with Crippen molar-refractivity contribution >= 4 is 10.8 Å². The molecule has 0 fully saturated rings. The van der Waals surface area contributed by atoms with Gasteiger partial charge in [0.2, 0.25) is 11.8 Å². The van der Waals surface area contributed by atoms with Gasteiger partial charge in [-0.05, 0) is 29.3 Å². The molecule has 0 amide bonds. The minimum absolute atomic E-state index is 0.620. The summed E-state index contributed by atoms with van der Waals surface area (Å²) in [6, 6.07) is 14.5. The molecule has 2 aromatic carbocycles. The normalized spacial score (nSPS) is 11.1. The first kappa shape index (κ1) is 14.8. The number of aryl methyl sites for hydroxylation is 1. The van der Waals surface area contributed by atoms with Crippen LogP contribution in [0.1, 0.15) is 44.9 Å². The molecule has 0 aliphatic heterocycles. The zero-order valence-corrected chi connectivity index (χ0v) is 13.1. The standard InChI is InChI=1S/C19H22N2O/c1-2-3-4-5-6-11-18-20-21-19(22-18)17-13-12-15-9-7-8-10-16(15)14-17/h7-10,12-14H,2-6,11H2,1H3. The summed E-state index contributed by atoms with van der Waals surface area (Å²) >= 11 is 0. The number of aromatic nitrogens is 2. The Morgan fingerprint density at radius 3 is 2.55 bits per heavy atom. The highest BCUT2D eigenvalue weighted by molar-refractivity contribution is 5.86. The molecule has 3 heteroatoms. The average Bonchev–Trinajstić information content (AvgIpc) is 3.03. The Morgan fingerprint density at radius 2 is 1.68 bits per heavy atom. The zero-order valence-electron chi connectivity index (χ0n) is 13.1. The Balaban J connectivity index is 1.66. The molecule has 22 heavy (non-hydrogen) atoms. The first-order valence-corrected chi connectivity index (χ1v) is 8.18. The fraction of sp³-hybridized carbons (Fsp3) is 0.368. The second-order valence-electron chi connectivity index (χ2n) is 5.73. The quantitative estimate of drug-likeness (QED) is 0.547. The average molecular weight is 294 g/mol. The first-order valence-electron chi connectivity index (χ1n) is 8.18. The van der Waals surface area contributed by atoms with Crippen LogP contribution in [0.4, 0.5) is 0 Å². The highest BCUT2D eigenvalue weighted by Crippen LogP contribution is 2.23. The Hall–Kier alpha value is -2.16. The maximum atomic E-state index is 5.80. The number of benzene rings is 2. The molecule has 3 aromatic rings. The van der Waals surface area contributed by atoms with Gasteiger partial charge in [-0.15, -0.1) is 10.2 Å². The van der Waals surface area contributed by atoms with E-state index in [-0.39, 0.29) is 0 Å². The van der Waals surface area contributed by atoms with E-state index in [1.807, 2.05) is 18.2 Å². The molecule has 0 aliphatic carbocycles. The van der Waals surface area contributed by atoms with Crippen LogP contribution < -0.4 is 0 Å². The lowest BCUT2D eigenvalue weighted by atomic mass is 10.1. The molecule has 0 saturated carbocycles. The minimum Gasteiger partial charge on any atom is -0.421 e. The van der Waals surface area contributed by atoms with E-state index >= 15 is 0 Å². The van der Waals surface area contributed by atoms with Crippen molar-refractivity contribution in [3.8, 4) is 11.5 Å². The van der Waals surface area contributed by atoms with Gasteiger partial charge < -0.3 is 4.42 Å². The van der Waals surface area contributed by atoms with Crippen molar-refractivity contribution in [2.75, 3.05) is 0 Å². The second-order valence-corrected chi connectivity index (χ2v) is 5.73. The maximum Gasteiger partial charge on any atom is 0.247 e. The van der Waals surface area contributed by atoms with Crippen molar-refractivity contribution in [1.82, 2.24) is 10.2 Å². The summed E-state index contributed by atoms with van der Waals surface area (Å²) < 4.78 is 5.80. The topological polar surface area (TPSA) is 38.9 Å². The van der Waals surface area contributed by atoms with Gasteiger partial charge in [0.25, 0.3) is 0 Å². The molecular formula is C19H22N2O. The molecule has 0 radical (unpaired) electrons. The zero-order chi connectivity index (χ0) is 15.2. The summed E-state index contributed by atoms with van der Waals surface area (Å²) in [4.78, 5) is 0. The lowest BCUT2D eigenvalue weighted by Crippen LogP contribution is -1.86. The molecule has 3 nitrogen and oxygen atoms in total. The molecule has 0 unspecified atom stereocenters. The van der Waals surface area contributed by atoms with Crippen LogP contribution in [0.15, 0.2) is 46.9 Å². The molecule has 3 rings (SSSR count). The minimum atomic E-state index is 0.620. The molecule has 0 aliphatic rings. The van der Waals surface area contributed by atoms with Crippen LogP contribution in [0, 0.1) is 0 Å². The molecule has 1 heterocycles. The predicted octanol–water partition coefficient (Wildman–Crippen LogP) is 5.40. The third-order valence-corrected chi connectivity index (χ3v) is 3.96. The van der Waals surface area contributed by atoms with Crippen molar-refractivity contribution in [3.63, 3.8) is 0 Å². The second kappa shape index (κ2) is 7.21. The number of fused-ring (bicyclic) bond motifs is 1. The monoisotopic (exact) mass is 294 g/mol. The summed E-state index contributed by atoms with van der Waals surface area (Å²) in [6.07, 6.45) is 7.12. The SMILES string of the molecule is CCCCCCCc1nnc(-c2ccc3ccccc3c2)o1. The van der Waals surface area contributed by atoms with E-state index < -0.39 is 0 Å². The van der Waals surface area contributed by atoms with Crippen LogP contribution >= 0.6 is 0 Å². The molecule has 0 atom stereocenters. The van der Waals surface area contributed by atoms with Gasteiger partial charge >= 0.3 is 0 Å². The van der Waals surface area contributed by atoms with Gasteiger partial charge in [0.15, 0.2) is 0 Å². The fourth-order valence-electron chi connectivity index (χ4n) is 2.67. The van der Waals surface area contributed by atoms with E-state index in [1.54, 1.807) is 0 Å². The molecule has 114 valence electrons. The molecule has 0 spiro atoms. The van der Waals surface area contributed by atoms with Crippen LogP contribution in [-0.2, 0) is 6.42 Å². The maximum absolute atomic E-state index is 5.80. The Bertz CT molecular complexity index is 733. The van der Waals surface area contributed by atoms with Crippen molar-refractivity contribution in [3.05, 3.63) is 48.4 Å². The van der Waals surface area contributed by atoms with E-state index in [2.05, 4.69) is 41.4 Å². The third-order valence-electron chi connectivity index (χ3n) is 3.96. The van der Waals surface area contributed by atoms with Gasteiger partial charge in [-0.3, -0.25) is 0 Å². The van der Waals surface area contributed by atoms with Gasteiger partial charge in [0.05, 0.1) is 0 Å². The number of nitrogens with zero attached hydrogens (tertiary/aromatic N) is 2. The smallest absolute Gasteiger partial charge is 0.247 e. The van der Waals surface area contributed by atoms with E-state index in [0.717, 1.165) is 24.3 Å². The van der Waals surface area contributed by atoms with Crippen LogP contribution in [0.3, 0.4) is 0 Å². The van der Waals surface area contributed by atoms with Crippen LogP contribution in [0.2, 0.25) is 0 Å². The number of hydrogen-bond acceptors (Lipinski definition) is 3. The van der Waals surface area contributed by atoms with E-state index in [1.165, 1.54) is 36.5 Å². The number of hydrogen-bond donors (Lipinski definition) is 0. The van der Waals surface area contributed by atoms with Gasteiger partial charge in [-0.2, -0.15) is 0 Å². The first-order chi connectivity index (χ1) is 10.9. The lowest BCUT2D eigenvalue weighted by molar-refractivity contribution is 0.488. The summed E-state index contributed by atoms with van der Waals surface area (Å²) in [5, 5.41) is 10.8. The molecule has 0 N–H and O–H groups in total. The van der Waals surface area contributed by atoms with Gasteiger partial charge in [-0.25, -0.2) is 0 Å². The molecule has 0 bridgehead atoms. The highest BCUT2D eigenvalue weighted by Gasteiger charge is 2.08.